The number of aromatic nitrogens is 5. The van der Waals surface area contributed by atoms with Crippen LogP contribution in [0, 0.1) is 6.92 Å². The van der Waals surface area contributed by atoms with Crippen molar-refractivity contribution in [2.75, 3.05) is 5.32 Å². The molecule has 0 aliphatic rings. The van der Waals surface area contributed by atoms with Crippen molar-refractivity contribution in [1.29, 1.82) is 0 Å². The maximum atomic E-state index is 4.88. The van der Waals surface area contributed by atoms with Crippen molar-refractivity contribution < 1.29 is 4.52 Å². The average Bonchev–Trinajstić information content (AvgIpc) is 2.82. The van der Waals surface area contributed by atoms with E-state index in [2.05, 4.69) is 30.4 Å². The van der Waals surface area contributed by atoms with Crippen molar-refractivity contribution in [3.63, 3.8) is 0 Å². The lowest BCUT2D eigenvalue weighted by atomic mass is 10.4. The molecule has 0 fully saturated rings. The lowest BCUT2D eigenvalue weighted by Gasteiger charge is -2.02. The number of pyridine rings is 1. The fourth-order valence-electron chi connectivity index (χ4n) is 1.54. The third-order valence-electron chi connectivity index (χ3n) is 2.33. The zero-order valence-electron chi connectivity index (χ0n) is 9.66. The molecule has 0 aromatic carbocycles. The van der Waals surface area contributed by atoms with Crippen LogP contribution in [-0.2, 0) is 6.54 Å². The van der Waals surface area contributed by atoms with E-state index >= 15 is 0 Å². The Morgan fingerprint density at radius 3 is 2.89 bits per heavy atom. The SMILES string of the molecule is Cc1nc(CNc2ccc3nccnc3n2)no1. The highest BCUT2D eigenvalue weighted by atomic mass is 16.5. The molecule has 7 heteroatoms. The summed E-state index contributed by atoms with van der Waals surface area (Å²) in [6.45, 7) is 2.20. The largest absolute Gasteiger partial charge is 0.363 e. The van der Waals surface area contributed by atoms with Gasteiger partial charge in [0.05, 0.1) is 6.54 Å². The maximum Gasteiger partial charge on any atom is 0.223 e. The van der Waals surface area contributed by atoms with Crippen LogP contribution >= 0.6 is 0 Å². The van der Waals surface area contributed by atoms with Crippen LogP contribution in [0.2, 0.25) is 0 Å². The normalized spacial score (nSPS) is 10.7. The summed E-state index contributed by atoms with van der Waals surface area (Å²) in [7, 11) is 0. The van der Waals surface area contributed by atoms with E-state index in [1.807, 2.05) is 12.1 Å². The molecule has 1 N–H and O–H groups in total. The van der Waals surface area contributed by atoms with Gasteiger partial charge in [0, 0.05) is 19.3 Å². The molecular formula is C11H10N6O. The molecule has 0 aliphatic heterocycles. The van der Waals surface area contributed by atoms with Gasteiger partial charge < -0.3 is 9.84 Å². The maximum absolute atomic E-state index is 4.88. The van der Waals surface area contributed by atoms with E-state index in [9.17, 15) is 0 Å². The van der Waals surface area contributed by atoms with Gasteiger partial charge in [-0.1, -0.05) is 5.16 Å². The first-order valence-corrected chi connectivity index (χ1v) is 5.42. The smallest absolute Gasteiger partial charge is 0.223 e. The molecule has 0 spiro atoms. The molecule has 0 radical (unpaired) electrons. The minimum Gasteiger partial charge on any atom is -0.363 e. The van der Waals surface area contributed by atoms with Gasteiger partial charge in [0.1, 0.15) is 11.3 Å². The molecule has 0 amide bonds. The summed E-state index contributed by atoms with van der Waals surface area (Å²) in [5, 5.41) is 6.89. The van der Waals surface area contributed by atoms with Crippen molar-refractivity contribution in [2.24, 2.45) is 0 Å². The second-order valence-electron chi connectivity index (χ2n) is 3.68. The van der Waals surface area contributed by atoms with Crippen LogP contribution in [0.25, 0.3) is 11.2 Å². The van der Waals surface area contributed by atoms with Gasteiger partial charge in [-0.3, -0.25) is 4.98 Å². The molecule has 0 aliphatic carbocycles. The molecule has 3 rings (SSSR count). The number of hydrogen-bond donors (Lipinski definition) is 1. The van der Waals surface area contributed by atoms with Gasteiger partial charge in [0.15, 0.2) is 11.5 Å². The lowest BCUT2D eigenvalue weighted by molar-refractivity contribution is 0.388. The Balaban J connectivity index is 1.78. The van der Waals surface area contributed by atoms with Crippen LogP contribution < -0.4 is 5.32 Å². The molecule has 0 saturated heterocycles. The Morgan fingerprint density at radius 2 is 2.06 bits per heavy atom. The second kappa shape index (κ2) is 4.36. The first kappa shape index (κ1) is 10.6. The molecule has 0 atom stereocenters. The highest BCUT2D eigenvalue weighted by molar-refractivity contribution is 5.71. The number of anilines is 1. The standard InChI is InChI=1S/C11H10N6O/c1-7-15-10(17-18-7)6-14-9-3-2-8-11(16-9)13-5-4-12-8/h2-5H,6H2,1H3,(H,13,14,16). The quantitative estimate of drug-likeness (QED) is 0.740. The average molecular weight is 242 g/mol. The van der Waals surface area contributed by atoms with Crippen LogP contribution in [0.5, 0.6) is 0 Å². The Kier molecular flexibility index (Phi) is 2.56. The van der Waals surface area contributed by atoms with E-state index in [1.54, 1.807) is 19.3 Å². The molecule has 0 bridgehead atoms. The minimum atomic E-state index is 0.454. The summed E-state index contributed by atoms with van der Waals surface area (Å²) in [6, 6.07) is 3.70. The fraction of sp³-hybridized carbons (Fsp3) is 0.182. The van der Waals surface area contributed by atoms with E-state index in [-0.39, 0.29) is 0 Å². The number of nitrogens with one attached hydrogen (secondary N) is 1. The number of nitrogens with zero attached hydrogens (tertiary/aromatic N) is 5. The third kappa shape index (κ3) is 2.10. The Labute approximate surface area is 102 Å². The zero-order valence-corrected chi connectivity index (χ0v) is 9.66. The molecule has 7 nitrogen and oxygen atoms in total. The number of aryl methyl sites for hydroxylation is 1. The fourth-order valence-corrected chi connectivity index (χ4v) is 1.54. The predicted molar refractivity (Wildman–Crippen MR) is 63.7 cm³/mol. The third-order valence-corrected chi connectivity index (χ3v) is 2.33. The summed E-state index contributed by atoms with van der Waals surface area (Å²) in [6.07, 6.45) is 3.25. The number of fused-ring (bicyclic) bond motifs is 1. The molecule has 3 heterocycles. The van der Waals surface area contributed by atoms with E-state index in [4.69, 9.17) is 4.52 Å². The first-order chi connectivity index (χ1) is 8.81. The lowest BCUT2D eigenvalue weighted by Crippen LogP contribution is -2.03. The monoisotopic (exact) mass is 242 g/mol. The topological polar surface area (TPSA) is 89.6 Å². The summed E-state index contributed by atoms with van der Waals surface area (Å²) < 4.78 is 4.88. The summed E-state index contributed by atoms with van der Waals surface area (Å²) in [4.78, 5) is 16.7. The van der Waals surface area contributed by atoms with Crippen LogP contribution in [-0.4, -0.2) is 25.1 Å². The highest BCUT2D eigenvalue weighted by Gasteiger charge is 2.03. The Hall–Kier alpha value is -2.57. The van der Waals surface area contributed by atoms with Gasteiger partial charge in [-0.05, 0) is 12.1 Å². The van der Waals surface area contributed by atoms with Gasteiger partial charge in [-0.2, -0.15) is 4.98 Å². The Morgan fingerprint density at radius 1 is 1.17 bits per heavy atom. The summed E-state index contributed by atoms with van der Waals surface area (Å²) >= 11 is 0. The van der Waals surface area contributed by atoms with Crippen molar-refractivity contribution in [3.8, 4) is 0 Å². The number of hydrogen-bond acceptors (Lipinski definition) is 7. The predicted octanol–water partition coefficient (Wildman–Crippen LogP) is 1.33. The van der Waals surface area contributed by atoms with Crippen molar-refractivity contribution in [1.82, 2.24) is 25.1 Å². The van der Waals surface area contributed by atoms with E-state index in [0.29, 0.717) is 29.7 Å². The summed E-state index contributed by atoms with van der Waals surface area (Å²) in [5.41, 5.74) is 1.37. The van der Waals surface area contributed by atoms with Gasteiger partial charge in [-0.15, -0.1) is 0 Å². The van der Waals surface area contributed by atoms with Gasteiger partial charge in [0.25, 0.3) is 0 Å². The van der Waals surface area contributed by atoms with Gasteiger partial charge in [-0.25, -0.2) is 9.97 Å². The van der Waals surface area contributed by atoms with Crippen LogP contribution in [0.1, 0.15) is 11.7 Å². The molecule has 18 heavy (non-hydrogen) atoms. The molecule has 3 aromatic rings. The molecule has 90 valence electrons. The molecular weight excluding hydrogens is 232 g/mol. The zero-order chi connectivity index (χ0) is 12.4. The van der Waals surface area contributed by atoms with Gasteiger partial charge in [0.2, 0.25) is 5.89 Å². The second-order valence-corrected chi connectivity index (χ2v) is 3.68. The van der Waals surface area contributed by atoms with E-state index in [1.165, 1.54) is 0 Å². The number of rotatable bonds is 3. The van der Waals surface area contributed by atoms with Crippen molar-refractivity contribution in [3.05, 3.63) is 36.2 Å². The minimum absolute atomic E-state index is 0.454. The van der Waals surface area contributed by atoms with Gasteiger partial charge >= 0.3 is 0 Å². The molecule has 0 unspecified atom stereocenters. The first-order valence-electron chi connectivity index (χ1n) is 5.42. The molecule has 0 saturated carbocycles. The Bertz CT molecular complexity index is 680. The van der Waals surface area contributed by atoms with E-state index < -0.39 is 0 Å². The highest BCUT2D eigenvalue weighted by Crippen LogP contribution is 2.10. The van der Waals surface area contributed by atoms with Crippen LogP contribution in [0.3, 0.4) is 0 Å². The summed E-state index contributed by atoms with van der Waals surface area (Å²) in [5.74, 6) is 1.84. The van der Waals surface area contributed by atoms with Crippen LogP contribution in [0.4, 0.5) is 5.82 Å². The van der Waals surface area contributed by atoms with Crippen molar-refractivity contribution >= 4 is 17.0 Å². The molecule has 3 aromatic heterocycles. The van der Waals surface area contributed by atoms with Crippen molar-refractivity contribution in [2.45, 2.75) is 13.5 Å². The van der Waals surface area contributed by atoms with Crippen LogP contribution in [0.15, 0.2) is 29.0 Å². The van der Waals surface area contributed by atoms with E-state index in [0.717, 1.165) is 5.52 Å².